The lowest BCUT2D eigenvalue weighted by Gasteiger charge is -2.25. The number of hydrogen-bond acceptors (Lipinski definition) is 8. The van der Waals surface area contributed by atoms with E-state index in [0.29, 0.717) is 11.3 Å². The highest BCUT2D eigenvalue weighted by molar-refractivity contribution is 7.98. The third-order valence-corrected chi connectivity index (χ3v) is 6.44. The molecule has 0 aliphatic rings. The van der Waals surface area contributed by atoms with E-state index in [0.717, 1.165) is 10.9 Å². The summed E-state index contributed by atoms with van der Waals surface area (Å²) < 4.78 is 0. The van der Waals surface area contributed by atoms with Gasteiger partial charge in [-0.1, -0.05) is 18.2 Å². The number of carbonyl (C=O) groups excluding carboxylic acids is 3. The Balaban J connectivity index is 2.29. The Hall–Kier alpha value is -3.62. The minimum atomic E-state index is -1.69. The molecule has 208 valence electrons. The summed E-state index contributed by atoms with van der Waals surface area (Å²) in [6, 6.07) is 1.91. The Kier molecular flexibility index (Phi) is 11.6. The lowest BCUT2D eigenvalue weighted by Crippen LogP contribution is -2.58. The fourth-order valence-electron chi connectivity index (χ4n) is 3.64. The molecule has 1 aromatic heterocycles. The number of H-pyrrole nitrogens is 1. The van der Waals surface area contributed by atoms with Gasteiger partial charge in [0.2, 0.25) is 17.7 Å². The van der Waals surface area contributed by atoms with E-state index in [-0.39, 0.29) is 12.8 Å². The third-order valence-electron chi connectivity index (χ3n) is 5.79. The van der Waals surface area contributed by atoms with E-state index in [1.165, 1.54) is 18.7 Å². The Morgan fingerprint density at radius 1 is 0.974 bits per heavy atom. The van der Waals surface area contributed by atoms with E-state index in [1.807, 2.05) is 24.3 Å². The first kappa shape index (κ1) is 30.6. The van der Waals surface area contributed by atoms with Gasteiger partial charge in [0.1, 0.15) is 24.2 Å². The zero-order chi connectivity index (χ0) is 28.4. The number of thioether (sulfide) groups is 1. The van der Waals surface area contributed by atoms with Crippen molar-refractivity contribution in [3.63, 3.8) is 0 Å². The number of aliphatic carboxylic acids is 2. The van der Waals surface area contributed by atoms with E-state index in [1.54, 1.807) is 12.5 Å². The van der Waals surface area contributed by atoms with Crippen molar-refractivity contribution in [1.82, 2.24) is 20.9 Å². The number of aromatic nitrogens is 1. The molecular weight excluding hydrogens is 518 g/mol. The quantitative estimate of drug-likeness (QED) is 0.137. The highest BCUT2D eigenvalue weighted by Crippen LogP contribution is 2.19. The molecule has 3 amide bonds. The molecule has 13 nitrogen and oxygen atoms in total. The van der Waals surface area contributed by atoms with Gasteiger partial charge < -0.3 is 42.0 Å². The number of carboxylic acid groups (broad SMARTS) is 2. The summed E-state index contributed by atoms with van der Waals surface area (Å²) in [5.74, 6) is -4.93. The monoisotopic (exact) mass is 551 g/mol. The number of carbonyl (C=O) groups is 5. The zero-order valence-corrected chi connectivity index (χ0v) is 21.8. The number of fused-ring (bicyclic) bond motifs is 1. The van der Waals surface area contributed by atoms with Crippen molar-refractivity contribution in [2.45, 2.75) is 56.5 Å². The predicted octanol–water partition coefficient (Wildman–Crippen LogP) is -0.815. The number of nitrogens with one attached hydrogen (secondary N) is 4. The maximum atomic E-state index is 13.4. The van der Waals surface area contributed by atoms with E-state index in [2.05, 4.69) is 20.9 Å². The Morgan fingerprint density at radius 3 is 2.18 bits per heavy atom. The molecule has 0 bridgehead atoms. The van der Waals surface area contributed by atoms with Crippen molar-refractivity contribution in [3.05, 3.63) is 36.0 Å². The second-order valence-corrected chi connectivity index (χ2v) is 9.72. The van der Waals surface area contributed by atoms with Crippen LogP contribution in [0.15, 0.2) is 30.5 Å². The van der Waals surface area contributed by atoms with Crippen LogP contribution in [0.2, 0.25) is 0 Å². The van der Waals surface area contributed by atoms with Crippen LogP contribution in [-0.4, -0.2) is 92.2 Å². The molecule has 0 aliphatic carbocycles. The van der Waals surface area contributed by atoms with Gasteiger partial charge in [-0.15, -0.1) is 0 Å². The molecule has 5 unspecified atom stereocenters. The molecule has 1 aromatic carbocycles. The molecule has 2 rings (SSSR count). The first-order chi connectivity index (χ1) is 17.9. The fourth-order valence-corrected chi connectivity index (χ4v) is 4.11. The Morgan fingerprint density at radius 2 is 1.58 bits per heavy atom. The van der Waals surface area contributed by atoms with Crippen molar-refractivity contribution in [1.29, 1.82) is 0 Å². The van der Waals surface area contributed by atoms with Crippen molar-refractivity contribution in [2.24, 2.45) is 5.73 Å². The second-order valence-electron chi connectivity index (χ2n) is 8.73. The van der Waals surface area contributed by atoms with Crippen molar-refractivity contribution >= 4 is 52.3 Å². The van der Waals surface area contributed by atoms with E-state index < -0.39 is 66.4 Å². The van der Waals surface area contributed by atoms with Crippen LogP contribution in [0.25, 0.3) is 10.9 Å². The lowest BCUT2D eigenvalue weighted by molar-refractivity contribution is -0.147. The average molecular weight is 552 g/mol. The van der Waals surface area contributed by atoms with Gasteiger partial charge in [0.15, 0.2) is 0 Å². The van der Waals surface area contributed by atoms with Gasteiger partial charge in [0.05, 0.1) is 12.5 Å². The number of aromatic amines is 1. The van der Waals surface area contributed by atoms with E-state index in [9.17, 15) is 34.2 Å². The largest absolute Gasteiger partial charge is 0.481 e. The summed E-state index contributed by atoms with van der Waals surface area (Å²) in [5.41, 5.74) is 7.25. The number of hydrogen-bond donors (Lipinski definition) is 8. The molecule has 0 aliphatic heterocycles. The molecular formula is C24H33N5O8S. The third kappa shape index (κ3) is 8.75. The van der Waals surface area contributed by atoms with Gasteiger partial charge in [-0.05, 0) is 37.0 Å². The van der Waals surface area contributed by atoms with Crippen LogP contribution in [0.3, 0.4) is 0 Å². The molecule has 5 atom stereocenters. The number of aliphatic hydroxyl groups excluding tert-OH is 1. The molecule has 38 heavy (non-hydrogen) atoms. The van der Waals surface area contributed by atoms with Gasteiger partial charge >= 0.3 is 11.9 Å². The minimum Gasteiger partial charge on any atom is -0.481 e. The number of carboxylic acids is 2. The predicted molar refractivity (Wildman–Crippen MR) is 140 cm³/mol. The number of para-hydroxylation sites is 1. The van der Waals surface area contributed by atoms with Crippen LogP contribution < -0.4 is 21.7 Å². The van der Waals surface area contributed by atoms with Crippen LogP contribution >= 0.6 is 11.8 Å². The molecule has 1 heterocycles. The second kappa shape index (κ2) is 14.4. The molecule has 0 fully saturated rings. The van der Waals surface area contributed by atoms with E-state index in [4.69, 9.17) is 10.8 Å². The molecule has 14 heteroatoms. The summed E-state index contributed by atoms with van der Waals surface area (Å²) in [4.78, 5) is 64.4. The number of aliphatic hydroxyl groups is 1. The Labute approximate surface area is 222 Å². The normalized spacial score (nSPS) is 15.1. The first-order valence-corrected chi connectivity index (χ1v) is 13.2. The van der Waals surface area contributed by atoms with Gasteiger partial charge in [-0.25, -0.2) is 4.79 Å². The Bertz CT molecular complexity index is 1150. The number of nitrogens with two attached hydrogens (primary N) is 1. The van der Waals surface area contributed by atoms with Crippen LogP contribution in [0, 0.1) is 0 Å². The summed E-state index contributed by atoms with van der Waals surface area (Å²) >= 11 is 1.38. The number of rotatable bonds is 15. The topological polar surface area (TPSA) is 224 Å². The first-order valence-electron chi connectivity index (χ1n) is 11.8. The summed E-state index contributed by atoms with van der Waals surface area (Å²) in [7, 11) is 0. The minimum absolute atomic E-state index is 0.0156. The number of amides is 3. The highest BCUT2D eigenvalue weighted by Gasteiger charge is 2.32. The molecule has 0 radical (unpaired) electrons. The van der Waals surface area contributed by atoms with Crippen LogP contribution in [0.5, 0.6) is 0 Å². The lowest BCUT2D eigenvalue weighted by atomic mass is 10.0. The van der Waals surface area contributed by atoms with Gasteiger partial charge in [-0.2, -0.15) is 11.8 Å². The van der Waals surface area contributed by atoms with Gasteiger partial charge in [0, 0.05) is 23.5 Å². The molecule has 0 saturated carbocycles. The van der Waals surface area contributed by atoms with Crippen LogP contribution in [0.4, 0.5) is 0 Å². The molecule has 9 N–H and O–H groups in total. The smallest absolute Gasteiger partial charge is 0.326 e. The molecule has 0 saturated heterocycles. The molecule has 2 aromatic rings. The average Bonchev–Trinajstić information content (AvgIpc) is 3.27. The summed E-state index contributed by atoms with van der Waals surface area (Å²) in [6.45, 7) is 1.33. The fraction of sp³-hybridized carbons (Fsp3) is 0.458. The number of benzene rings is 1. The SMILES string of the molecule is CSCCC(NC(=O)C(Cc1c[nH]c2ccccc12)NC(=O)C(N)C(C)O)C(=O)NC(CC(=O)O)C(=O)O. The van der Waals surface area contributed by atoms with Gasteiger partial charge in [-0.3, -0.25) is 19.2 Å². The van der Waals surface area contributed by atoms with Crippen molar-refractivity contribution in [3.8, 4) is 0 Å². The highest BCUT2D eigenvalue weighted by atomic mass is 32.2. The maximum absolute atomic E-state index is 13.4. The molecule has 0 spiro atoms. The van der Waals surface area contributed by atoms with Crippen LogP contribution in [0.1, 0.15) is 25.3 Å². The van der Waals surface area contributed by atoms with Crippen molar-refractivity contribution in [2.75, 3.05) is 12.0 Å². The van der Waals surface area contributed by atoms with E-state index >= 15 is 0 Å². The van der Waals surface area contributed by atoms with Crippen molar-refractivity contribution < 1.29 is 39.3 Å². The maximum Gasteiger partial charge on any atom is 0.326 e. The zero-order valence-electron chi connectivity index (χ0n) is 21.0. The standard InChI is InChI=1S/C24H33N5O8S/c1-12(30)20(25)23(35)28-17(9-13-11-26-15-6-4-3-5-14(13)15)22(34)27-16(7-8-38-2)21(33)29-18(24(36)37)10-19(31)32/h3-6,11-12,16-18,20,26,30H,7-10,25H2,1-2H3,(H,27,34)(H,28,35)(H,29,33)(H,31,32)(H,36,37). The van der Waals surface area contributed by atoms with Gasteiger partial charge in [0.25, 0.3) is 0 Å². The summed E-state index contributed by atoms with van der Waals surface area (Å²) in [5, 5.41) is 36.0. The summed E-state index contributed by atoms with van der Waals surface area (Å²) in [6.07, 6.45) is 1.56. The van der Waals surface area contributed by atoms with Crippen LogP contribution in [-0.2, 0) is 30.4 Å².